The number of fused-ring (bicyclic) bond motifs is 5. The van der Waals surface area contributed by atoms with Gasteiger partial charge in [-0.2, -0.15) is 0 Å². The van der Waals surface area contributed by atoms with Gasteiger partial charge in [0.05, 0.1) is 5.76 Å². The summed E-state index contributed by atoms with van der Waals surface area (Å²) in [6, 6.07) is 0. The Morgan fingerprint density at radius 1 is 1.23 bits per heavy atom. The fourth-order valence-corrected chi connectivity index (χ4v) is 3.70. The molecule has 1 saturated heterocycles. The lowest BCUT2D eigenvalue weighted by atomic mass is 9.81. The van der Waals surface area contributed by atoms with Gasteiger partial charge in [-0.1, -0.05) is 0 Å². The van der Waals surface area contributed by atoms with Gasteiger partial charge in [0.15, 0.2) is 0 Å². The molecule has 0 aromatic rings. The molecule has 3 rings (SSSR count). The summed E-state index contributed by atoms with van der Waals surface area (Å²) in [7, 11) is 0. The van der Waals surface area contributed by atoms with Crippen LogP contribution >= 0.6 is 0 Å². The summed E-state index contributed by atoms with van der Waals surface area (Å²) >= 11 is 0. The van der Waals surface area contributed by atoms with E-state index in [1.54, 1.807) is 0 Å². The number of hydrogen-bond donors (Lipinski definition) is 0. The molecule has 2 bridgehead atoms. The number of ether oxygens (including phenoxy) is 1. The molecule has 0 radical (unpaired) electrons. The Morgan fingerprint density at radius 3 is 2.92 bits per heavy atom. The zero-order valence-corrected chi connectivity index (χ0v) is 8.33. The summed E-state index contributed by atoms with van der Waals surface area (Å²) < 4.78 is 6.05. The van der Waals surface area contributed by atoms with E-state index in [2.05, 4.69) is 13.0 Å². The highest BCUT2D eigenvalue weighted by Crippen LogP contribution is 2.54. The first kappa shape index (κ1) is 7.90. The van der Waals surface area contributed by atoms with E-state index in [1.807, 2.05) is 0 Å². The van der Waals surface area contributed by atoms with Crippen LogP contribution in [-0.4, -0.2) is 6.10 Å². The highest BCUT2D eigenvalue weighted by Gasteiger charge is 2.50. The van der Waals surface area contributed by atoms with Crippen LogP contribution in [0.2, 0.25) is 0 Å². The van der Waals surface area contributed by atoms with Crippen molar-refractivity contribution in [3.8, 4) is 0 Å². The van der Waals surface area contributed by atoms with Gasteiger partial charge < -0.3 is 4.74 Å². The maximum atomic E-state index is 6.05. The van der Waals surface area contributed by atoms with E-state index in [4.69, 9.17) is 4.74 Å². The Morgan fingerprint density at radius 2 is 2.08 bits per heavy atom. The van der Waals surface area contributed by atoms with Gasteiger partial charge in [0, 0.05) is 6.42 Å². The average Bonchev–Trinajstić information content (AvgIpc) is 2.77. The molecule has 1 aliphatic heterocycles. The topological polar surface area (TPSA) is 9.23 Å². The molecule has 0 N–H and O–H groups in total. The molecule has 72 valence electrons. The van der Waals surface area contributed by atoms with Crippen LogP contribution in [0.5, 0.6) is 0 Å². The van der Waals surface area contributed by atoms with Gasteiger partial charge in [-0.15, -0.1) is 0 Å². The molecule has 1 nitrogen and oxygen atoms in total. The van der Waals surface area contributed by atoms with Gasteiger partial charge in [0.25, 0.3) is 0 Å². The molecule has 0 amide bonds. The van der Waals surface area contributed by atoms with Crippen LogP contribution in [0.15, 0.2) is 11.8 Å². The van der Waals surface area contributed by atoms with Crippen LogP contribution in [0.1, 0.15) is 39.0 Å². The van der Waals surface area contributed by atoms with Crippen molar-refractivity contribution in [1.82, 2.24) is 0 Å². The largest absolute Gasteiger partial charge is 0.495 e. The molecule has 0 aromatic heterocycles. The minimum Gasteiger partial charge on any atom is -0.495 e. The zero-order valence-electron chi connectivity index (χ0n) is 8.33. The zero-order chi connectivity index (χ0) is 8.84. The minimum atomic E-state index is 0.610. The number of allylic oxidation sites excluding steroid dienone is 2. The van der Waals surface area contributed by atoms with E-state index in [-0.39, 0.29) is 0 Å². The predicted molar refractivity (Wildman–Crippen MR) is 52.2 cm³/mol. The van der Waals surface area contributed by atoms with Gasteiger partial charge in [-0.3, -0.25) is 0 Å². The van der Waals surface area contributed by atoms with Crippen LogP contribution in [-0.2, 0) is 4.74 Å². The Balaban J connectivity index is 1.81. The van der Waals surface area contributed by atoms with Crippen LogP contribution in [0.25, 0.3) is 0 Å². The number of rotatable bonds is 0. The molecule has 13 heavy (non-hydrogen) atoms. The molecule has 4 unspecified atom stereocenters. The van der Waals surface area contributed by atoms with E-state index < -0.39 is 0 Å². The Labute approximate surface area is 80.2 Å². The fraction of sp³-hybridized carbons (Fsp3) is 0.833. The minimum absolute atomic E-state index is 0.610. The van der Waals surface area contributed by atoms with Crippen molar-refractivity contribution in [3.05, 3.63) is 11.8 Å². The first-order valence-corrected chi connectivity index (χ1v) is 5.70. The van der Waals surface area contributed by atoms with Gasteiger partial charge >= 0.3 is 0 Å². The third kappa shape index (κ3) is 1.06. The second kappa shape index (κ2) is 2.76. The maximum Gasteiger partial charge on any atom is 0.104 e. The van der Waals surface area contributed by atoms with Gasteiger partial charge in [-0.05, 0) is 56.4 Å². The molecule has 1 heterocycles. The maximum absolute atomic E-state index is 6.05. The molecule has 3 fully saturated rings. The monoisotopic (exact) mass is 178 g/mol. The average molecular weight is 178 g/mol. The summed E-state index contributed by atoms with van der Waals surface area (Å²) in [6.45, 7) is 2.10. The van der Waals surface area contributed by atoms with Crippen LogP contribution in [0.4, 0.5) is 0 Å². The first-order valence-electron chi connectivity index (χ1n) is 5.70. The summed E-state index contributed by atoms with van der Waals surface area (Å²) in [5.41, 5.74) is 0. The molecular weight excluding hydrogens is 160 g/mol. The van der Waals surface area contributed by atoms with Crippen molar-refractivity contribution in [3.63, 3.8) is 0 Å². The molecule has 3 aliphatic rings. The SMILES string of the molecule is CC=C1CCC2C3CCC(C3)C2O1. The van der Waals surface area contributed by atoms with Crippen molar-refractivity contribution in [1.29, 1.82) is 0 Å². The smallest absolute Gasteiger partial charge is 0.104 e. The molecule has 2 aliphatic carbocycles. The van der Waals surface area contributed by atoms with Crippen LogP contribution < -0.4 is 0 Å². The van der Waals surface area contributed by atoms with Crippen molar-refractivity contribution in [2.24, 2.45) is 17.8 Å². The van der Waals surface area contributed by atoms with Gasteiger partial charge in [0.1, 0.15) is 6.10 Å². The van der Waals surface area contributed by atoms with Crippen LogP contribution in [0, 0.1) is 17.8 Å². The second-order valence-corrected chi connectivity index (χ2v) is 4.87. The van der Waals surface area contributed by atoms with E-state index in [0.717, 1.165) is 17.8 Å². The van der Waals surface area contributed by atoms with Crippen molar-refractivity contribution >= 4 is 0 Å². The van der Waals surface area contributed by atoms with Crippen molar-refractivity contribution < 1.29 is 4.74 Å². The molecular formula is C12H18O. The third-order valence-corrected chi connectivity index (χ3v) is 4.34. The van der Waals surface area contributed by atoms with Crippen molar-refractivity contribution in [2.75, 3.05) is 0 Å². The second-order valence-electron chi connectivity index (χ2n) is 4.87. The Kier molecular flexibility index (Phi) is 1.68. The van der Waals surface area contributed by atoms with Gasteiger partial charge in [0.2, 0.25) is 0 Å². The molecule has 4 atom stereocenters. The lowest BCUT2D eigenvalue weighted by molar-refractivity contribution is -0.0106. The Hall–Kier alpha value is -0.460. The summed E-state index contributed by atoms with van der Waals surface area (Å²) in [4.78, 5) is 0. The first-order chi connectivity index (χ1) is 6.38. The summed E-state index contributed by atoms with van der Waals surface area (Å²) in [5.74, 6) is 4.11. The third-order valence-electron chi connectivity index (χ3n) is 4.34. The highest BCUT2D eigenvalue weighted by atomic mass is 16.5. The molecule has 0 spiro atoms. The quantitative estimate of drug-likeness (QED) is 0.554. The number of hydrogen-bond acceptors (Lipinski definition) is 1. The highest BCUT2D eigenvalue weighted by molar-refractivity contribution is 5.05. The van der Waals surface area contributed by atoms with E-state index in [0.29, 0.717) is 6.10 Å². The molecule has 1 heteroatoms. The normalized spacial score (nSPS) is 50.7. The molecule has 2 saturated carbocycles. The lowest BCUT2D eigenvalue weighted by Gasteiger charge is -2.36. The van der Waals surface area contributed by atoms with Crippen molar-refractivity contribution in [2.45, 2.75) is 45.1 Å². The van der Waals surface area contributed by atoms with Crippen LogP contribution in [0.3, 0.4) is 0 Å². The van der Waals surface area contributed by atoms with E-state index >= 15 is 0 Å². The standard InChI is InChI=1S/C12H18O/c1-2-10-5-6-11-8-3-4-9(7-8)12(11)13-10/h2,8-9,11-12H,3-7H2,1H3. The Bertz CT molecular complexity index is 244. The van der Waals surface area contributed by atoms with E-state index in [1.165, 1.54) is 37.9 Å². The molecule has 0 aromatic carbocycles. The fourth-order valence-electron chi connectivity index (χ4n) is 3.70. The summed E-state index contributed by atoms with van der Waals surface area (Å²) in [5, 5.41) is 0. The summed E-state index contributed by atoms with van der Waals surface area (Å²) in [6.07, 6.45) is 9.74. The van der Waals surface area contributed by atoms with Gasteiger partial charge in [-0.25, -0.2) is 0 Å². The lowest BCUT2D eigenvalue weighted by Crippen LogP contribution is -2.33. The predicted octanol–water partition coefficient (Wildman–Crippen LogP) is 3.12. The van der Waals surface area contributed by atoms with E-state index in [9.17, 15) is 0 Å².